The average Bonchev–Trinajstić information content (AvgIpc) is 3.19. The van der Waals surface area contributed by atoms with E-state index in [0.29, 0.717) is 17.4 Å². The fourth-order valence-corrected chi connectivity index (χ4v) is 5.87. The van der Waals surface area contributed by atoms with E-state index in [1.807, 2.05) is 21.1 Å². The molecule has 0 aliphatic heterocycles. The lowest BCUT2D eigenvalue weighted by atomic mass is 10.0. The van der Waals surface area contributed by atoms with E-state index < -0.39 is 18.4 Å². The Hall–Kier alpha value is -3.04. The van der Waals surface area contributed by atoms with Gasteiger partial charge in [-0.25, -0.2) is 0 Å². The van der Waals surface area contributed by atoms with Gasteiger partial charge in [0.05, 0.1) is 40.3 Å². The van der Waals surface area contributed by atoms with Gasteiger partial charge in [-0.1, -0.05) is 175 Å². The zero-order valence-corrected chi connectivity index (χ0v) is 37.4. The number of ether oxygens (including phenoxy) is 3. The van der Waals surface area contributed by atoms with Crippen LogP contribution in [0, 0.1) is 0 Å². The molecule has 2 unspecified atom stereocenters. The lowest BCUT2D eigenvalue weighted by molar-refractivity contribution is -0.870. The third kappa shape index (κ3) is 44.1. The van der Waals surface area contributed by atoms with Crippen LogP contribution in [0.4, 0.5) is 0 Å². The molecule has 0 fully saturated rings. The predicted molar refractivity (Wildman–Crippen MR) is 241 cm³/mol. The monoisotopic (exact) mass is 812 g/mol. The molecule has 0 rings (SSSR count). The third-order valence-electron chi connectivity index (χ3n) is 9.39. The molecule has 0 aliphatic carbocycles. The van der Waals surface area contributed by atoms with Crippen LogP contribution in [0.15, 0.2) is 85.1 Å². The van der Waals surface area contributed by atoms with Gasteiger partial charge in [0.1, 0.15) is 19.3 Å². The van der Waals surface area contributed by atoms with Crippen molar-refractivity contribution >= 4 is 11.9 Å². The number of rotatable bonds is 41. The number of aliphatic hydroxyl groups is 1. The quantitative estimate of drug-likeness (QED) is 0.0215. The normalized spacial score (nSPS) is 13.9. The Balaban J connectivity index is 3.49. The molecule has 0 heterocycles. The number of carbonyl (C=O) groups is 2. The van der Waals surface area contributed by atoms with Crippen LogP contribution in [0.25, 0.3) is 0 Å². The summed E-state index contributed by atoms with van der Waals surface area (Å²) in [6.45, 7) is 2.34. The van der Waals surface area contributed by atoms with Crippen molar-refractivity contribution in [2.75, 3.05) is 47.5 Å². The molecule has 0 aromatic rings. The van der Waals surface area contributed by atoms with E-state index in [1.54, 1.807) is 0 Å². The molecule has 0 bridgehead atoms. The van der Waals surface area contributed by atoms with Crippen LogP contribution < -0.4 is 5.11 Å². The second-order valence-corrected chi connectivity index (χ2v) is 16.2. The van der Waals surface area contributed by atoms with Crippen molar-refractivity contribution in [2.45, 2.75) is 173 Å². The van der Waals surface area contributed by atoms with Gasteiger partial charge in [-0.05, 0) is 64.2 Å². The number of allylic oxidation sites excluding steroid dienone is 14. The maximum atomic E-state index is 12.0. The standard InChI is InChI=1S/C50H85NO7/c1-5-6-7-8-9-10-11-12-13-14-15-16-17-18-19-20-21-22-23-24-25-26-27-28-29-30-31-32-33-34-35-36-37-38-39-40-41-42-48(53)57-45-47(52)46-58-50(49(54)55)56-44-43-51(2,3)4/h6-7,9-10,12-13,15-16,18-19,21-22,24-25,47,50,52H,5,8,11,14,17,20,23,26-46H2,1-4H3/b7-6-,10-9-,13-12-,16-15-,19-18-,22-21-,25-24-. The van der Waals surface area contributed by atoms with Crippen molar-refractivity contribution < 1.29 is 38.5 Å². The number of carboxylic acid groups (broad SMARTS) is 1. The molecule has 1 N–H and O–H groups in total. The molecule has 0 radical (unpaired) electrons. The number of quaternary nitrogens is 1. The fraction of sp³-hybridized carbons (Fsp3) is 0.680. The van der Waals surface area contributed by atoms with Gasteiger partial charge in [-0.15, -0.1) is 0 Å². The Labute approximate surface area is 355 Å². The highest BCUT2D eigenvalue weighted by atomic mass is 16.7. The van der Waals surface area contributed by atoms with Crippen molar-refractivity contribution in [3.63, 3.8) is 0 Å². The number of hydrogen-bond acceptors (Lipinski definition) is 7. The number of esters is 1. The van der Waals surface area contributed by atoms with Crippen LogP contribution in [-0.4, -0.2) is 81.4 Å². The summed E-state index contributed by atoms with van der Waals surface area (Å²) in [6.07, 6.45) is 56.2. The minimum Gasteiger partial charge on any atom is -0.545 e. The Bertz CT molecular complexity index is 1160. The number of unbranched alkanes of at least 4 members (excludes halogenated alkanes) is 15. The molecule has 0 saturated carbocycles. The van der Waals surface area contributed by atoms with Crippen molar-refractivity contribution in [3.05, 3.63) is 85.1 Å². The highest BCUT2D eigenvalue weighted by Crippen LogP contribution is 2.14. The van der Waals surface area contributed by atoms with Gasteiger partial charge < -0.3 is 33.7 Å². The highest BCUT2D eigenvalue weighted by molar-refractivity contribution is 5.69. The van der Waals surface area contributed by atoms with Crippen LogP contribution in [0.5, 0.6) is 0 Å². The number of carboxylic acids is 1. The van der Waals surface area contributed by atoms with Gasteiger partial charge in [0.25, 0.3) is 0 Å². The molecule has 2 atom stereocenters. The highest BCUT2D eigenvalue weighted by Gasteiger charge is 2.17. The van der Waals surface area contributed by atoms with Crippen LogP contribution in [0.3, 0.4) is 0 Å². The lowest BCUT2D eigenvalue weighted by Gasteiger charge is -2.26. The zero-order valence-electron chi connectivity index (χ0n) is 37.4. The number of carbonyl (C=O) groups excluding carboxylic acids is 2. The molecule has 8 nitrogen and oxygen atoms in total. The van der Waals surface area contributed by atoms with Crippen LogP contribution in [0.2, 0.25) is 0 Å². The van der Waals surface area contributed by atoms with E-state index in [4.69, 9.17) is 14.2 Å². The molecule has 58 heavy (non-hydrogen) atoms. The number of hydrogen-bond donors (Lipinski definition) is 1. The Morgan fingerprint density at radius 1 is 0.534 bits per heavy atom. The maximum Gasteiger partial charge on any atom is 0.305 e. The maximum absolute atomic E-state index is 12.0. The Kier molecular flexibility index (Phi) is 39.9. The molecule has 332 valence electrons. The van der Waals surface area contributed by atoms with Crippen LogP contribution in [0.1, 0.15) is 161 Å². The lowest BCUT2D eigenvalue weighted by Crippen LogP contribution is -2.44. The molecule has 0 spiro atoms. The second kappa shape index (κ2) is 42.1. The second-order valence-electron chi connectivity index (χ2n) is 16.2. The summed E-state index contributed by atoms with van der Waals surface area (Å²) in [5.74, 6) is -1.87. The smallest absolute Gasteiger partial charge is 0.305 e. The molecular formula is C50H85NO7. The number of aliphatic hydroxyl groups excluding tert-OH is 1. The predicted octanol–water partition coefficient (Wildman–Crippen LogP) is 11.0. The molecular weight excluding hydrogens is 727 g/mol. The third-order valence-corrected chi connectivity index (χ3v) is 9.39. The van der Waals surface area contributed by atoms with Gasteiger partial charge in [0.15, 0.2) is 6.29 Å². The van der Waals surface area contributed by atoms with Crippen LogP contribution >= 0.6 is 0 Å². The summed E-state index contributed by atoms with van der Waals surface area (Å²) >= 11 is 0. The van der Waals surface area contributed by atoms with Gasteiger partial charge in [-0.3, -0.25) is 4.79 Å². The van der Waals surface area contributed by atoms with Gasteiger partial charge in [0, 0.05) is 6.42 Å². The van der Waals surface area contributed by atoms with E-state index in [1.165, 1.54) is 83.5 Å². The van der Waals surface area contributed by atoms with Gasteiger partial charge in [-0.2, -0.15) is 0 Å². The summed E-state index contributed by atoms with van der Waals surface area (Å²) < 4.78 is 16.0. The van der Waals surface area contributed by atoms with E-state index in [2.05, 4.69) is 92.0 Å². The average molecular weight is 812 g/mol. The molecule has 0 aliphatic rings. The number of aliphatic carboxylic acids is 1. The Morgan fingerprint density at radius 3 is 1.31 bits per heavy atom. The molecule has 0 saturated heterocycles. The topological polar surface area (TPSA) is 105 Å². The first-order valence-corrected chi connectivity index (χ1v) is 22.8. The first-order chi connectivity index (χ1) is 28.2. The van der Waals surface area contributed by atoms with Crippen molar-refractivity contribution in [2.24, 2.45) is 0 Å². The Morgan fingerprint density at radius 2 is 0.914 bits per heavy atom. The first kappa shape index (κ1) is 55.0. The molecule has 0 aromatic heterocycles. The summed E-state index contributed by atoms with van der Waals surface area (Å²) in [6, 6.07) is 0. The van der Waals surface area contributed by atoms with Gasteiger partial charge in [0.2, 0.25) is 0 Å². The van der Waals surface area contributed by atoms with Crippen molar-refractivity contribution in [3.8, 4) is 0 Å². The minimum absolute atomic E-state index is 0.168. The summed E-state index contributed by atoms with van der Waals surface area (Å²) in [5, 5.41) is 21.2. The minimum atomic E-state index is -1.58. The van der Waals surface area contributed by atoms with E-state index in [-0.39, 0.29) is 25.8 Å². The molecule has 8 heteroatoms. The molecule has 0 amide bonds. The number of nitrogens with zero attached hydrogens (tertiary/aromatic N) is 1. The summed E-state index contributed by atoms with van der Waals surface area (Å²) in [4.78, 5) is 23.2. The SMILES string of the molecule is CC/C=C\C/C=C\C/C=C\C/C=C\C/C=C\C/C=C\C/C=C\CCCCCCCCCCCCCCCCCC(=O)OCC(O)COC(OCC[N+](C)(C)C)C(=O)[O-]. The first-order valence-electron chi connectivity index (χ1n) is 22.8. The van der Waals surface area contributed by atoms with E-state index in [9.17, 15) is 19.8 Å². The number of likely N-dealkylation sites (N-methyl/N-ethyl adjacent to an activating group) is 1. The fourth-order valence-electron chi connectivity index (χ4n) is 5.87. The largest absolute Gasteiger partial charge is 0.545 e. The summed E-state index contributed by atoms with van der Waals surface area (Å²) in [7, 11) is 5.87. The van der Waals surface area contributed by atoms with Crippen LogP contribution in [-0.2, 0) is 23.8 Å². The summed E-state index contributed by atoms with van der Waals surface area (Å²) in [5.41, 5.74) is 0. The van der Waals surface area contributed by atoms with E-state index >= 15 is 0 Å². The van der Waals surface area contributed by atoms with Gasteiger partial charge >= 0.3 is 5.97 Å². The van der Waals surface area contributed by atoms with Crippen molar-refractivity contribution in [1.82, 2.24) is 0 Å². The molecule has 0 aromatic carbocycles. The van der Waals surface area contributed by atoms with E-state index in [0.717, 1.165) is 64.2 Å². The van der Waals surface area contributed by atoms with Crippen molar-refractivity contribution in [1.29, 1.82) is 0 Å². The zero-order chi connectivity index (χ0) is 42.6.